The van der Waals surface area contributed by atoms with Gasteiger partial charge in [0, 0.05) is 5.39 Å². The standard InChI is InChI=1S/C17H15ClN2O3S/c1-10-3-4-13(12(18)7-10)19-15(21)9-20-14(17(22)23-2)8-11-5-6-24-16(11)20/h3-8H,9H2,1-2H3,(H,19,21). The molecule has 124 valence electrons. The van der Waals surface area contributed by atoms with E-state index in [0.717, 1.165) is 15.8 Å². The molecule has 0 fully saturated rings. The van der Waals surface area contributed by atoms with Gasteiger partial charge < -0.3 is 14.6 Å². The number of carbonyl (C=O) groups is 2. The Morgan fingerprint density at radius 1 is 1.29 bits per heavy atom. The number of benzene rings is 1. The van der Waals surface area contributed by atoms with Gasteiger partial charge in [0.15, 0.2) is 0 Å². The van der Waals surface area contributed by atoms with Gasteiger partial charge in [-0.2, -0.15) is 0 Å². The second-order valence-corrected chi connectivity index (χ2v) is 6.62. The number of aryl methyl sites for hydroxylation is 1. The molecule has 0 aliphatic heterocycles. The topological polar surface area (TPSA) is 60.3 Å². The number of hydrogen-bond acceptors (Lipinski definition) is 4. The number of rotatable bonds is 4. The van der Waals surface area contributed by atoms with Gasteiger partial charge in [-0.15, -0.1) is 11.3 Å². The first-order chi connectivity index (χ1) is 11.5. The molecule has 0 aliphatic rings. The average molecular weight is 363 g/mol. The van der Waals surface area contributed by atoms with Gasteiger partial charge in [0.1, 0.15) is 17.1 Å². The Bertz CT molecular complexity index is 929. The van der Waals surface area contributed by atoms with Crippen LogP contribution in [-0.4, -0.2) is 23.6 Å². The summed E-state index contributed by atoms with van der Waals surface area (Å²) in [4.78, 5) is 25.2. The van der Waals surface area contributed by atoms with Gasteiger partial charge in [-0.1, -0.05) is 17.7 Å². The maximum Gasteiger partial charge on any atom is 0.354 e. The number of halogens is 1. The van der Waals surface area contributed by atoms with Crippen LogP contribution in [0.1, 0.15) is 16.1 Å². The van der Waals surface area contributed by atoms with Crippen molar-refractivity contribution in [2.75, 3.05) is 12.4 Å². The fraction of sp³-hybridized carbons (Fsp3) is 0.176. The van der Waals surface area contributed by atoms with Crippen molar-refractivity contribution in [3.63, 3.8) is 0 Å². The number of methoxy groups -OCH3 is 1. The fourth-order valence-corrected chi connectivity index (χ4v) is 3.64. The van der Waals surface area contributed by atoms with Crippen LogP contribution in [0.25, 0.3) is 10.2 Å². The Morgan fingerprint density at radius 3 is 2.79 bits per heavy atom. The third-order valence-electron chi connectivity index (χ3n) is 3.60. The number of nitrogens with zero attached hydrogens (tertiary/aromatic N) is 1. The van der Waals surface area contributed by atoms with Crippen molar-refractivity contribution >= 4 is 50.7 Å². The van der Waals surface area contributed by atoms with Crippen molar-refractivity contribution in [1.29, 1.82) is 0 Å². The highest BCUT2D eigenvalue weighted by Crippen LogP contribution is 2.27. The predicted octanol–water partition coefficient (Wildman–Crippen LogP) is 4.09. The summed E-state index contributed by atoms with van der Waals surface area (Å²) in [5.74, 6) is -0.739. The molecule has 7 heteroatoms. The molecular formula is C17H15ClN2O3S. The number of aromatic nitrogens is 1. The van der Waals surface area contributed by atoms with E-state index in [4.69, 9.17) is 16.3 Å². The molecule has 2 aromatic heterocycles. The number of anilines is 1. The van der Waals surface area contributed by atoms with Crippen LogP contribution in [0.15, 0.2) is 35.7 Å². The first-order valence-electron chi connectivity index (χ1n) is 7.20. The van der Waals surface area contributed by atoms with E-state index in [1.54, 1.807) is 22.8 Å². The third kappa shape index (κ3) is 3.16. The Kier molecular flexibility index (Phi) is 4.59. The summed E-state index contributed by atoms with van der Waals surface area (Å²) in [6.07, 6.45) is 0. The van der Waals surface area contributed by atoms with Crippen LogP contribution in [0.4, 0.5) is 5.69 Å². The molecule has 1 aromatic carbocycles. The summed E-state index contributed by atoms with van der Waals surface area (Å²) < 4.78 is 6.46. The second kappa shape index (κ2) is 6.67. The summed E-state index contributed by atoms with van der Waals surface area (Å²) in [5.41, 5.74) is 1.91. The molecule has 0 aliphatic carbocycles. The molecular weight excluding hydrogens is 348 g/mol. The first kappa shape index (κ1) is 16.5. The zero-order valence-corrected chi connectivity index (χ0v) is 14.7. The summed E-state index contributed by atoms with van der Waals surface area (Å²) >= 11 is 7.61. The van der Waals surface area contributed by atoms with Crippen LogP contribution in [0.3, 0.4) is 0 Å². The lowest BCUT2D eigenvalue weighted by Crippen LogP contribution is -2.21. The number of nitrogens with one attached hydrogen (secondary N) is 1. The minimum Gasteiger partial charge on any atom is -0.464 e. The zero-order valence-electron chi connectivity index (χ0n) is 13.1. The molecule has 0 atom stereocenters. The van der Waals surface area contributed by atoms with Gasteiger partial charge in [-0.3, -0.25) is 4.79 Å². The number of amides is 1. The monoisotopic (exact) mass is 362 g/mol. The molecule has 1 N–H and O–H groups in total. The Hall–Kier alpha value is -2.31. The first-order valence-corrected chi connectivity index (χ1v) is 8.46. The number of ether oxygens (including phenoxy) is 1. The Balaban J connectivity index is 1.87. The van der Waals surface area contributed by atoms with Crippen molar-refractivity contribution in [3.05, 3.63) is 52.0 Å². The lowest BCUT2D eigenvalue weighted by atomic mass is 10.2. The van der Waals surface area contributed by atoms with Crippen LogP contribution >= 0.6 is 22.9 Å². The third-order valence-corrected chi connectivity index (χ3v) is 4.86. The molecule has 0 radical (unpaired) electrons. The number of hydrogen-bond donors (Lipinski definition) is 1. The molecule has 2 heterocycles. The van der Waals surface area contributed by atoms with Gasteiger partial charge in [0.25, 0.3) is 0 Å². The molecule has 0 saturated heterocycles. The Labute approximate surface area is 147 Å². The van der Waals surface area contributed by atoms with Crippen molar-refractivity contribution in [2.24, 2.45) is 0 Å². The predicted molar refractivity (Wildman–Crippen MR) is 96.0 cm³/mol. The van der Waals surface area contributed by atoms with E-state index >= 15 is 0 Å². The van der Waals surface area contributed by atoms with E-state index in [-0.39, 0.29) is 12.5 Å². The van der Waals surface area contributed by atoms with E-state index in [1.165, 1.54) is 18.4 Å². The second-order valence-electron chi connectivity index (χ2n) is 5.32. The maximum atomic E-state index is 12.4. The van der Waals surface area contributed by atoms with E-state index in [9.17, 15) is 9.59 Å². The summed E-state index contributed by atoms with van der Waals surface area (Å²) in [5, 5.41) is 6.07. The van der Waals surface area contributed by atoms with E-state index in [0.29, 0.717) is 16.4 Å². The minimum atomic E-state index is -0.473. The molecule has 3 rings (SSSR count). The number of carbonyl (C=O) groups excluding carboxylic acids is 2. The fourth-order valence-electron chi connectivity index (χ4n) is 2.46. The number of esters is 1. The van der Waals surface area contributed by atoms with Gasteiger partial charge in [0.05, 0.1) is 17.8 Å². The van der Waals surface area contributed by atoms with Crippen LogP contribution < -0.4 is 5.32 Å². The van der Waals surface area contributed by atoms with E-state index in [1.807, 2.05) is 24.4 Å². The normalized spacial score (nSPS) is 10.8. The van der Waals surface area contributed by atoms with Gasteiger partial charge in [-0.05, 0) is 42.1 Å². The smallest absolute Gasteiger partial charge is 0.354 e. The summed E-state index contributed by atoms with van der Waals surface area (Å²) in [6, 6.07) is 9.04. The largest absolute Gasteiger partial charge is 0.464 e. The van der Waals surface area contributed by atoms with E-state index in [2.05, 4.69) is 5.32 Å². The van der Waals surface area contributed by atoms with Gasteiger partial charge in [0.2, 0.25) is 5.91 Å². The molecule has 0 saturated carbocycles. The van der Waals surface area contributed by atoms with Gasteiger partial charge in [-0.25, -0.2) is 4.79 Å². The zero-order chi connectivity index (χ0) is 17.3. The summed E-state index contributed by atoms with van der Waals surface area (Å²) in [7, 11) is 1.32. The van der Waals surface area contributed by atoms with Crippen molar-refractivity contribution in [2.45, 2.75) is 13.5 Å². The molecule has 3 aromatic rings. The molecule has 5 nitrogen and oxygen atoms in total. The van der Waals surface area contributed by atoms with Crippen LogP contribution in [-0.2, 0) is 16.1 Å². The summed E-state index contributed by atoms with van der Waals surface area (Å²) in [6.45, 7) is 1.92. The Morgan fingerprint density at radius 2 is 2.08 bits per heavy atom. The maximum absolute atomic E-state index is 12.4. The minimum absolute atomic E-state index is 0.00134. The van der Waals surface area contributed by atoms with Crippen molar-refractivity contribution < 1.29 is 14.3 Å². The highest BCUT2D eigenvalue weighted by molar-refractivity contribution is 7.16. The number of thiophene rings is 1. The van der Waals surface area contributed by atoms with Gasteiger partial charge >= 0.3 is 5.97 Å². The average Bonchev–Trinajstić information content (AvgIpc) is 3.12. The molecule has 24 heavy (non-hydrogen) atoms. The molecule has 0 spiro atoms. The van der Waals surface area contributed by atoms with Crippen LogP contribution in [0.5, 0.6) is 0 Å². The lowest BCUT2D eigenvalue weighted by Gasteiger charge is -2.11. The van der Waals surface area contributed by atoms with Crippen molar-refractivity contribution in [3.8, 4) is 0 Å². The van der Waals surface area contributed by atoms with Crippen molar-refractivity contribution in [1.82, 2.24) is 4.57 Å². The molecule has 0 unspecified atom stereocenters. The quantitative estimate of drug-likeness (QED) is 0.711. The molecule has 1 amide bonds. The number of fused-ring (bicyclic) bond motifs is 1. The SMILES string of the molecule is COC(=O)c1cc2ccsc2n1CC(=O)Nc1ccc(C)cc1Cl. The highest BCUT2D eigenvalue weighted by atomic mass is 35.5. The molecule has 0 bridgehead atoms. The lowest BCUT2D eigenvalue weighted by molar-refractivity contribution is -0.116. The highest BCUT2D eigenvalue weighted by Gasteiger charge is 2.19. The van der Waals surface area contributed by atoms with E-state index < -0.39 is 5.97 Å². The van der Waals surface area contributed by atoms with Crippen LogP contribution in [0, 0.1) is 6.92 Å². The van der Waals surface area contributed by atoms with Crippen LogP contribution in [0.2, 0.25) is 5.02 Å².